The number of carbonyl (C=O) groups excluding carboxylic acids is 1. The second kappa shape index (κ2) is 6.02. The van der Waals surface area contributed by atoms with E-state index in [0.717, 1.165) is 5.56 Å². The molecule has 20 heavy (non-hydrogen) atoms. The molecule has 2 rings (SSSR count). The second-order valence-corrected chi connectivity index (χ2v) is 4.40. The van der Waals surface area contributed by atoms with Crippen LogP contribution < -0.4 is 4.74 Å². The largest absolute Gasteiger partial charge is 0.481 e. The zero-order valence-corrected chi connectivity index (χ0v) is 11.0. The van der Waals surface area contributed by atoms with E-state index in [1.54, 1.807) is 48.5 Å². The van der Waals surface area contributed by atoms with E-state index in [9.17, 15) is 9.59 Å². The SMILES string of the molecule is CC(=O)c1ccc(Oc2ccc(CC(=O)O)cc2)cc1. The van der Waals surface area contributed by atoms with Crippen molar-refractivity contribution in [2.45, 2.75) is 13.3 Å². The standard InChI is InChI=1S/C16H14O4/c1-11(17)13-4-8-15(9-5-13)20-14-6-2-12(3-7-14)10-16(18)19/h2-9H,10H2,1H3,(H,18,19). The van der Waals surface area contributed by atoms with Crippen molar-refractivity contribution in [2.75, 3.05) is 0 Å². The van der Waals surface area contributed by atoms with Crippen molar-refractivity contribution in [1.29, 1.82) is 0 Å². The molecule has 0 amide bonds. The number of rotatable bonds is 5. The van der Waals surface area contributed by atoms with Crippen LogP contribution in [0.2, 0.25) is 0 Å². The first-order valence-corrected chi connectivity index (χ1v) is 6.14. The van der Waals surface area contributed by atoms with Crippen molar-refractivity contribution in [3.63, 3.8) is 0 Å². The number of hydrogen-bond donors (Lipinski definition) is 1. The molecule has 0 aliphatic rings. The molecule has 0 atom stereocenters. The van der Waals surface area contributed by atoms with E-state index in [0.29, 0.717) is 17.1 Å². The lowest BCUT2D eigenvalue weighted by Crippen LogP contribution is -1.99. The maximum Gasteiger partial charge on any atom is 0.307 e. The summed E-state index contributed by atoms with van der Waals surface area (Å²) >= 11 is 0. The molecule has 0 bridgehead atoms. The van der Waals surface area contributed by atoms with Crippen LogP contribution in [0.5, 0.6) is 11.5 Å². The number of ketones is 1. The third-order valence-electron chi connectivity index (χ3n) is 2.78. The molecular formula is C16H14O4. The Bertz CT molecular complexity index is 612. The lowest BCUT2D eigenvalue weighted by molar-refractivity contribution is -0.136. The monoisotopic (exact) mass is 270 g/mol. The summed E-state index contributed by atoms with van der Waals surface area (Å²) in [4.78, 5) is 21.7. The number of carboxylic acid groups (broad SMARTS) is 1. The van der Waals surface area contributed by atoms with E-state index in [2.05, 4.69) is 0 Å². The number of Topliss-reactive ketones (excluding diaryl/α,β-unsaturated/α-hetero) is 1. The highest BCUT2D eigenvalue weighted by Gasteiger charge is 2.03. The van der Waals surface area contributed by atoms with Crippen molar-refractivity contribution in [1.82, 2.24) is 0 Å². The molecule has 2 aromatic carbocycles. The maximum absolute atomic E-state index is 11.2. The smallest absolute Gasteiger partial charge is 0.307 e. The van der Waals surface area contributed by atoms with Crippen LogP contribution in [0, 0.1) is 0 Å². The van der Waals surface area contributed by atoms with Gasteiger partial charge in [-0.15, -0.1) is 0 Å². The number of hydrogen-bond acceptors (Lipinski definition) is 3. The summed E-state index contributed by atoms with van der Waals surface area (Å²) in [5.74, 6) is 0.392. The van der Waals surface area contributed by atoms with Gasteiger partial charge in [-0.25, -0.2) is 0 Å². The molecule has 1 N–H and O–H groups in total. The predicted octanol–water partition coefficient (Wildman–Crippen LogP) is 3.31. The number of carboxylic acids is 1. The molecule has 0 saturated carbocycles. The molecule has 0 aromatic heterocycles. The van der Waals surface area contributed by atoms with Gasteiger partial charge < -0.3 is 9.84 Å². The van der Waals surface area contributed by atoms with E-state index < -0.39 is 5.97 Å². The van der Waals surface area contributed by atoms with Crippen LogP contribution in [0.25, 0.3) is 0 Å². The highest BCUT2D eigenvalue weighted by molar-refractivity contribution is 5.94. The van der Waals surface area contributed by atoms with Gasteiger partial charge in [-0.05, 0) is 48.9 Å². The summed E-state index contributed by atoms with van der Waals surface area (Å²) in [6.45, 7) is 1.51. The van der Waals surface area contributed by atoms with Crippen molar-refractivity contribution in [2.24, 2.45) is 0 Å². The molecule has 0 spiro atoms. The Kier molecular flexibility index (Phi) is 4.15. The zero-order valence-electron chi connectivity index (χ0n) is 11.0. The van der Waals surface area contributed by atoms with Crippen LogP contribution in [0.1, 0.15) is 22.8 Å². The maximum atomic E-state index is 11.2. The summed E-state index contributed by atoms with van der Waals surface area (Å²) in [7, 11) is 0. The molecule has 0 heterocycles. The van der Waals surface area contributed by atoms with Crippen molar-refractivity contribution >= 4 is 11.8 Å². The van der Waals surface area contributed by atoms with Crippen LogP contribution in [-0.2, 0) is 11.2 Å². The van der Waals surface area contributed by atoms with Crippen LogP contribution in [-0.4, -0.2) is 16.9 Å². The molecule has 0 fully saturated rings. The first-order chi connectivity index (χ1) is 9.54. The average molecular weight is 270 g/mol. The van der Waals surface area contributed by atoms with Gasteiger partial charge in [-0.1, -0.05) is 12.1 Å². The Morgan fingerprint density at radius 3 is 1.90 bits per heavy atom. The molecule has 2 aromatic rings. The minimum Gasteiger partial charge on any atom is -0.481 e. The molecular weight excluding hydrogens is 256 g/mol. The number of ether oxygens (including phenoxy) is 1. The third kappa shape index (κ3) is 3.68. The summed E-state index contributed by atoms with van der Waals surface area (Å²) in [6.07, 6.45) is -0.00636. The minimum atomic E-state index is -0.863. The molecule has 0 radical (unpaired) electrons. The van der Waals surface area contributed by atoms with Crippen molar-refractivity contribution in [3.8, 4) is 11.5 Å². The lowest BCUT2D eigenvalue weighted by Gasteiger charge is -2.06. The predicted molar refractivity (Wildman–Crippen MR) is 74.3 cm³/mol. The third-order valence-corrected chi connectivity index (χ3v) is 2.78. The normalized spacial score (nSPS) is 10.1. The summed E-state index contributed by atoms with van der Waals surface area (Å²) in [5, 5.41) is 8.68. The Morgan fingerprint density at radius 2 is 1.45 bits per heavy atom. The minimum absolute atomic E-state index is 0.00636. The fourth-order valence-electron chi connectivity index (χ4n) is 1.74. The second-order valence-electron chi connectivity index (χ2n) is 4.40. The van der Waals surface area contributed by atoms with E-state index in [-0.39, 0.29) is 12.2 Å². The van der Waals surface area contributed by atoms with E-state index in [1.165, 1.54) is 6.92 Å². The van der Waals surface area contributed by atoms with Gasteiger partial charge in [0.05, 0.1) is 6.42 Å². The van der Waals surface area contributed by atoms with Gasteiger partial charge >= 0.3 is 5.97 Å². The first-order valence-electron chi connectivity index (χ1n) is 6.14. The lowest BCUT2D eigenvalue weighted by atomic mass is 10.1. The number of aliphatic carboxylic acids is 1. The summed E-state index contributed by atoms with van der Waals surface area (Å²) < 4.78 is 5.61. The van der Waals surface area contributed by atoms with Gasteiger partial charge in [0.1, 0.15) is 11.5 Å². The van der Waals surface area contributed by atoms with Gasteiger partial charge in [0.2, 0.25) is 0 Å². The molecule has 0 aliphatic carbocycles. The highest BCUT2D eigenvalue weighted by atomic mass is 16.5. The van der Waals surface area contributed by atoms with Crippen LogP contribution in [0.4, 0.5) is 0 Å². The Morgan fingerprint density at radius 1 is 0.950 bits per heavy atom. The van der Waals surface area contributed by atoms with Crippen molar-refractivity contribution in [3.05, 3.63) is 59.7 Å². The Hall–Kier alpha value is -2.62. The van der Waals surface area contributed by atoms with Gasteiger partial charge in [0.15, 0.2) is 5.78 Å². The Balaban J connectivity index is 2.06. The number of carbonyl (C=O) groups is 2. The molecule has 0 unspecified atom stereocenters. The van der Waals surface area contributed by atoms with Crippen molar-refractivity contribution < 1.29 is 19.4 Å². The quantitative estimate of drug-likeness (QED) is 0.846. The van der Waals surface area contributed by atoms with Crippen LogP contribution in [0.3, 0.4) is 0 Å². The Labute approximate surface area is 116 Å². The van der Waals surface area contributed by atoms with E-state index in [1.807, 2.05) is 0 Å². The summed E-state index contributed by atoms with van der Waals surface area (Å²) in [5.41, 5.74) is 1.35. The highest BCUT2D eigenvalue weighted by Crippen LogP contribution is 2.22. The number of benzene rings is 2. The fourth-order valence-corrected chi connectivity index (χ4v) is 1.74. The summed E-state index contributed by atoms with van der Waals surface area (Å²) in [6, 6.07) is 13.7. The molecule has 4 heteroatoms. The van der Waals surface area contributed by atoms with Gasteiger partial charge in [-0.2, -0.15) is 0 Å². The van der Waals surface area contributed by atoms with Crippen LogP contribution in [0.15, 0.2) is 48.5 Å². The van der Waals surface area contributed by atoms with Gasteiger partial charge in [-0.3, -0.25) is 9.59 Å². The van der Waals surface area contributed by atoms with E-state index >= 15 is 0 Å². The van der Waals surface area contributed by atoms with Gasteiger partial charge in [0.25, 0.3) is 0 Å². The zero-order chi connectivity index (χ0) is 14.5. The van der Waals surface area contributed by atoms with E-state index in [4.69, 9.17) is 9.84 Å². The van der Waals surface area contributed by atoms with Gasteiger partial charge in [0, 0.05) is 5.56 Å². The molecule has 4 nitrogen and oxygen atoms in total. The average Bonchev–Trinajstić information content (AvgIpc) is 2.41. The molecule has 102 valence electrons. The fraction of sp³-hybridized carbons (Fsp3) is 0.125. The first kappa shape index (κ1) is 13.8. The molecule has 0 saturated heterocycles. The topological polar surface area (TPSA) is 63.6 Å². The van der Waals surface area contributed by atoms with Crippen LogP contribution >= 0.6 is 0 Å². The molecule has 0 aliphatic heterocycles.